The second-order valence-corrected chi connectivity index (χ2v) is 7.57. The lowest BCUT2D eigenvalue weighted by molar-refractivity contribution is -0.120. The number of aromatic nitrogens is 3. The molecule has 0 saturated carbocycles. The van der Waals surface area contributed by atoms with Crippen molar-refractivity contribution in [1.29, 1.82) is 0 Å². The smallest absolute Gasteiger partial charge is 0.233 e. The fourth-order valence-corrected chi connectivity index (χ4v) is 3.45. The summed E-state index contributed by atoms with van der Waals surface area (Å²) in [4.78, 5) is 12.2. The van der Waals surface area contributed by atoms with Crippen LogP contribution in [0, 0.1) is 0 Å². The Morgan fingerprint density at radius 1 is 1.48 bits per heavy atom. The minimum atomic E-state index is -0.342. The maximum atomic E-state index is 12.2. The van der Waals surface area contributed by atoms with Crippen molar-refractivity contribution in [2.45, 2.75) is 36.3 Å². The second kappa shape index (κ2) is 8.07. The lowest BCUT2D eigenvalue weighted by atomic mass is 10.2. The monoisotopic (exact) mass is 381 g/mol. The summed E-state index contributed by atoms with van der Waals surface area (Å²) in [5.74, 6) is 6.53. The molecule has 1 aromatic heterocycles. The van der Waals surface area contributed by atoms with Crippen LogP contribution >= 0.6 is 23.4 Å². The van der Waals surface area contributed by atoms with Crippen LogP contribution in [0.5, 0.6) is 0 Å². The van der Waals surface area contributed by atoms with E-state index in [1.165, 1.54) is 16.4 Å². The van der Waals surface area contributed by atoms with Crippen molar-refractivity contribution >= 4 is 29.3 Å². The highest BCUT2D eigenvalue weighted by molar-refractivity contribution is 8.00. The molecule has 1 aliphatic heterocycles. The first-order chi connectivity index (χ1) is 12.0. The van der Waals surface area contributed by atoms with Gasteiger partial charge in [0, 0.05) is 23.7 Å². The van der Waals surface area contributed by atoms with Crippen LogP contribution in [0.25, 0.3) is 11.4 Å². The van der Waals surface area contributed by atoms with Crippen LogP contribution in [-0.4, -0.2) is 45.3 Å². The highest BCUT2D eigenvalue weighted by Gasteiger charge is 2.22. The molecule has 1 aliphatic rings. The topological polar surface area (TPSA) is 95.1 Å². The van der Waals surface area contributed by atoms with E-state index < -0.39 is 0 Å². The molecular weight excluding hydrogens is 362 g/mol. The number of rotatable bonds is 6. The average Bonchev–Trinajstić information content (AvgIpc) is 3.24. The zero-order valence-corrected chi connectivity index (χ0v) is 15.4. The second-order valence-electron chi connectivity index (χ2n) is 5.82. The number of amides is 1. The van der Waals surface area contributed by atoms with Crippen molar-refractivity contribution in [1.82, 2.24) is 20.2 Å². The predicted octanol–water partition coefficient (Wildman–Crippen LogP) is 2.09. The summed E-state index contributed by atoms with van der Waals surface area (Å²) >= 11 is 7.16. The Kier molecular flexibility index (Phi) is 5.82. The van der Waals surface area contributed by atoms with Crippen LogP contribution in [0.15, 0.2) is 29.4 Å². The summed E-state index contributed by atoms with van der Waals surface area (Å²) in [5.41, 5.74) is 0.807. The lowest BCUT2D eigenvalue weighted by Gasteiger charge is -2.14. The van der Waals surface area contributed by atoms with Gasteiger partial charge in [-0.1, -0.05) is 23.4 Å². The van der Waals surface area contributed by atoms with E-state index >= 15 is 0 Å². The number of nitrogens with zero attached hydrogens (tertiary/aromatic N) is 3. The fourth-order valence-electron chi connectivity index (χ4n) is 2.53. The van der Waals surface area contributed by atoms with Gasteiger partial charge >= 0.3 is 0 Å². The van der Waals surface area contributed by atoms with Gasteiger partial charge in [0.2, 0.25) is 11.1 Å². The molecule has 7 nitrogen and oxygen atoms in total. The molecule has 25 heavy (non-hydrogen) atoms. The highest BCUT2D eigenvalue weighted by atomic mass is 35.5. The predicted molar refractivity (Wildman–Crippen MR) is 97.9 cm³/mol. The SMILES string of the molecule is C[C@H](Sc1nnc(-c2ccc(Cl)cc2)n1N)C(=O)NC[C@H]1CCCO1. The van der Waals surface area contributed by atoms with Crippen molar-refractivity contribution < 1.29 is 9.53 Å². The van der Waals surface area contributed by atoms with Gasteiger partial charge in [-0.15, -0.1) is 10.2 Å². The van der Waals surface area contributed by atoms with E-state index in [0.29, 0.717) is 22.5 Å². The maximum absolute atomic E-state index is 12.2. The minimum Gasteiger partial charge on any atom is -0.376 e. The Morgan fingerprint density at radius 2 is 2.24 bits per heavy atom. The molecule has 9 heteroatoms. The van der Waals surface area contributed by atoms with Crippen LogP contribution in [0.2, 0.25) is 5.02 Å². The summed E-state index contributed by atoms with van der Waals surface area (Å²) in [6.45, 7) is 3.12. The molecule has 0 aliphatic carbocycles. The first-order valence-corrected chi connectivity index (χ1v) is 9.32. The van der Waals surface area contributed by atoms with Crippen LogP contribution in [0.3, 0.4) is 0 Å². The van der Waals surface area contributed by atoms with Crippen molar-refractivity contribution in [2.75, 3.05) is 19.0 Å². The first kappa shape index (κ1) is 18.0. The molecule has 3 rings (SSSR count). The number of carbonyl (C=O) groups excluding carboxylic acids is 1. The van der Waals surface area contributed by atoms with Crippen molar-refractivity contribution in [3.8, 4) is 11.4 Å². The van der Waals surface area contributed by atoms with Crippen molar-refractivity contribution in [2.24, 2.45) is 0 Å². The average molecular weight is 382 g/mol. The standard InChI is InChI=1S/C16H20ClN5O2S/c1-10(15(23)19-9-13-3-2-8-24-13)25-16-21-20-14(22(16)18)11-4-6-12(17)7-5-11/h4-7,10,13H,2-3,8-9,18H2,1H3,(H,19,23)/t10-,13+/m0/s1. The third-order valence-corrected chi connectivity index (χ3v) is 5.26. The minimum absolute atomic E-state index is 0.0726. The van der Waals surface area contributed by atoms with Gasteiger partial charge in [-0.25, -0.2) is 4.68 Å². The van der Waals surface area contributed by atoms with E-state index in [4.69, 9.17) is 22.2 Å². The summed E-state index contributed by atoms with van der Waals surface area (Å²) < 4.78 is 6.89. The van der Waals surface area contributed by atoms with Gasteiger partial charge < -0.3 is 15.9 Å². The third-order valence-electron chi connectivity index (χ3n) is 3.95. The van der Waals surface area contributed by atoms with E-state index in [1.807, 2.05) is 19.1 Å². The van der Waals surface area contributed by atoms with Gasteiger partial charge in [0.1, 0.15) is 0 Å². The van der Waals surface area contributed by atoms with Gasteiger partial charge in [-0.3, -0.25) is 4.79 Å². The Hall–Kier alpha value is -1.77. The quantitative estimate of drug-likeness (QED) is 0.587. The molecule has 2 aromatic rings. The van der Waals surface area contributed by atoms with Crippen LogP contribution in [0.1, 0.15) is 19.8 Å². The molecule has 3 N–H and O–H groups in total. The molecule has 1 fully saturated rings. The van der Waals surface area contributed by atoms with E-state index in [0.717, 1.165) is 25.0 Å². The third kappa shape index (κ3) is 4.45. The Balaban J connectivity index is 1.60. The number of nitrogen functional groups attached to an aromatic ring is 1. The van der Waals surface area contributed by atoms with Crippen molar-refractivity contribution in [3.63, 3.8) is 0 Å². The molecule has 2 atom stereocenters. The van der Waals surface area contributed by atoms with Crippen LogP contribution in [0.4, 0.5) is 0 Å². The van der Waals surface area contributed by atoms with Crippen molar-refractivity contribution in [3.05, 3.63) is 29.3 Å². The molecule has 0 unspecified atom stereocenters. The molecular formula is C16H20ClN5O2S. The maximum Gasteiger partial charge on any atom is 0.233 e. The first-order valence-electron chi connectivity index (χ1n) is 8.07. The van der Waals surface area contributed by atoms with Crippen LogP contribution < -0.4 is 11.2 Å². The normalized spacial score (nSPS) is 18.2. The number of hydrogen-bond acceptors (Lipinski definition) is 6. The number of nitrogens with two attached hydrogens (primary N) is 1. The molecule has 0 bridgehead atoms. The zero-order chi connectivity index (χ0) is 17.8. The Labute approximate surface area is 155 Å². The molecule has 1 aromatic carbocycles. The Morgan fingerprint density at radius 3 is 2.92 bits per heavy atom. The Bertz CT molecular complexity index is 731. The van der Waals surface area contributed by atoms with Gasteiger partial charge in [0.05, 0.1) is 11.4 Å². The summed E-state index contributed by atoms with van der Waals surface area (Å²) in [6, 6.07) is 7.17. The van der Waals surface area contributed by atoms with E-state index in [2.05, 4.69) is 15.5 Å². The molecule has 1 saturated heterocycles. The number of benzene rings is 1. The number of carbonyl (C=O) groups is 1. The number of hydrogen-bond donors (Lipinski definition) is 2. The molecule has 2 heterocycles. The van der Waals surface area contributed by atoms with Crippen LogP contribution in [-0.2, 0) is 9.53 Å². The highest BCUT2D eigenvalue weighted by Crippen LogP contribution is 2.25. The number of nitrogens with one attached hydrogen (secondary N) is 1. The van der Waals surface area contributed by atoms with Gasteiger partial charge in [0.25, 0.3) is 0 Å². The van der Waals surface area contributed by atoms with E-state index in [-0.39, 0.29) is 17.3 Å². The summed E-state index contributed by atoms with van der Waals surface area (Å²) in [7, 11) is 0. The molecule has 0 spiro atoms. The number of ether oxygens (including phenoxy) is 1. The summed E-state index contributed by atoms with van der Waals surface area (Å²) in [6.07, 6.45) is 2.16. The summed E-state index contributed by atoms with van der Waals surface area (Å²) in [5, 5.41) is 11.9. The molecule has 0 radical (unpaired) electrons. The number of thioether (sulfide) groups is 1. The molecule has 1 amide bonds. The van der Waals surface area contributed by atoms with E-state index in [9.17, 15) is 4.79 Å². The van der Waals surface area contributed by atoms with Gasteiger partial charge in [0.15, 0.2) is 5.82 Å². The van der Waals surface area contributed by atoms with Gasteiger partial charge in [-0.2, -0.15) is 0 Å². The lowest BCUT2D eigenvalue weighted by Crippen LogP contribution is -2.36. The number of halogens is 1. The zero-order valence-electron chi connectivity index (χ0n) is 13.8. The fraction of sp³-hybridized carbons (Fsp3) is 0.438. The van der Waals surface area contributed by atoms with E-state index in [1.54, 1.807) is 12.1 Å². The largest absolute Gasteiger partial charge is 0.376 e. The molecule has 134 valence electrons. The van der Waals surface area contributed by atoms with Gasteiger partial charge in [-0.05, 0) is 44.0 Å².